The van der Waals surface area contributed by atoms with Crippen molar-refractivity contribution in [1.82, 2.24) is 15.1 Å². The molecule has 0 spiro atoms. The first-order chi connectivity index (χ1) is 17.5. The molecule has 8 nitrogen and oxygen atoms in total. The molecule has 2 aliphatic rings. The zero-order valence-electron chi connectivity index (χ0n) is 20.5. The quantitative estimate of drug-likeness (QED) is 0.533. The number of furan rings is 1. The van der Waals surface area contributed by atoms with E-state index in [1.54, 1.807) is 29.2 Å². The molecule has 3 amide bonds. The Labute approximate surface area is 217 Å². The van der Waals surface area contributed by atoms with Gasteiger partial charge < -0.3 is 25.3 Å². The van der Waals surface area contributed by atoms with Gasteiger partial charge in [0.05, 0.1) is 12.3 Å². The average Bonchev–Trinajstić information content (AvgIpc) is 3.59. The number of nitrogens with zero attached hydrogens (tertiary/aromatic N) is 2. The lowest BCUT2D eigenvalue weighted by molar-refractivity contribution is -0.135. The van der Waals surface area contributed by atoms with E-state index in [-0.39, 0.29) is 42.8 Å². The van der Waals surface area contributed by atoms with Gasteiger partial charge in [-0.1, -0.05) is 43.0 Å². The fourth-order valence-corrected chi connectivity index (χ4v) is 5.49. The van der Waals surface area contributed by atoms with E-state index < -0.39 is 6.04 Å². The Morgan fingerprint density at radius 3 is 2.50 bits per heavy atom. The van der Waals surface area contributed by atoms with Crippen molar-refractivity contribution in [3.8, 4) is 0 Å². The van der Waals surface area contributed by atoms with Gasteiger partial charge in [-0.05, 0) is 49.1 Å². The molecule has 0 radical (unpaired) electrons. The molecule has 1 saturated carbocycles. The highest BCUT2D eigenvalue weighted by atomic mass is 35.5. The van der Waals surface area contributed by atoms with Gasteiger partial charge in [0.1, 0.15) is 6.04 Å². The van der Waals surface area contributed by atoms with Crippen LogP contribution in [0.1, 0.15) is 61.1 Å². The minimum atomic E-state index is -0.715. The van der Waals surface area contributed by atoms with Crippen molar-refractivity contribution in [1.29, 1.82) is 0 Å². The maximum absolute atomic E-state index is 13.6. The molecular formula is C27H35ClN4O4. The third-order valence-electron chi connectivity index (χ3n) is 7.16. The van der Waals surface area contributed by atoms with Crippen LogP contribution in [0, 0.1) is 0 Å². The fraction of sp³-hybridized carbons (Fsp3) is 0.519. The molecule has 3 N–H and O–H groups in total. The molecular weight excluding hydrogens is 480 g/mol. The van der Waals surface area contributed by atoms with Gasteiger partial charge in [-0.25, -0.2) is 0 Å². The van der Waals surface area contributed by atoms with Crippen molar-refractivity contribution in [2.45, 2.75) is 69.5 Å². The van der Waals surface area contributed by atoms with Crippen LogP contribution in [-0.2, 0) is 16.0 Å². The number of nitrogens with two attached hydrogens (primary N) is 1. The average molecular weight is 515 g/mol. The van der Waals surface area contributed by atoms with Gasteiger partial charge >= 0.3 is 0 Å². The molecule has 2 unspecified atom stereocenters. The number of likely N-dealkylation sites (tertiary alicyclic amines) is 1. The van der Waals surface area contributed by atoms with E-state index in [0.717, 1.165) is 31.2 Å². The Kier molecular flexibility index (Phi) is 9.04. The van der Waals surface area contributed by atoms with Crippen LogP contribution in [0.2, 0.25) is 5.02 Å². The first-order valence-electron chi connectivity index (χ1n) is 12.8. The van der Waals surface area contributed by atoms with Crippen molar-refractivity contribution >= 4 is 29.3 Å². The highest BCUT2D eigenvalue weighted by molar-refractivity contribution is 6.30. The summed E-state index contributed by atoms with van der Waals surface area (Å²) in [7, 11) is 0. The Balaban J connectivity index is 1.49. The smallest absolute Gasteiger partial charge is 0.290 e. The van der Waals surface area contributed by atoms with Crippen molar-refractivity contribution in [3.05, 3.63) is 59.0 Å². The minimum Gasteiger partial charge on any atom is -0.459 e. The highest BCUT2D eigenvalue weighted by Crippen LogP contribution is 2.29. The predicted octanol–water partition coefficient (Wildman–Crippen LogP) is 3.39. The molecule has 1 aromatic heterocycles. The van der Waals surface area contributed by atoms with E-state index in [1.807, 2.05) is 17.0 Å². The molecule has 2 aromatic rings. The van der Waals surface area contributed by atoms with Crippen LogP contribution in [0.25, 0.3) is 0 Å². The molecule has 9 heteroatoms. The standard InChI is InChI=1S/C27H35ClN4O4/c28-20-10-8-19(9-11-20)17-23(30-25(33)12-14-29)26(34)31-15-13-22(18-31)32(21-5-2-1-3-6-21)27(35)24-7-4-16-36-24/h4,7-11,16,21-23H,1-3,5-6,12-15,17-18,29H2,(H,30,33). The molecule has 1 aliphatic carbocycles. The van der Waals surface area contributed by atoms with Crippen LogP contribution in [0.3, 0.4) is 0 Å². The second-order valence-corrected chi connectivity index (χ2v) is 10.1. The van der Waals surface area contributed by atoms with Crippen LogP contribution in [0.5, 0.6) is 0 Å². The molecule has 2 heterocycles. The molecule has 1 aromatic carbocycles. The first kappa shape index (κ1) is 26.2. The Bertz CT molecular complexity index is 1020. The minimum absolute atomic E-state index is 0.0921. The Morgan fingerprint density at radius 2 is 1.83 bits per heavy atom. The largest absolute Gasteiger partial charge is 0.459 e. The monoisotopic (exact) mass is 514 g/mol. The number of benzene rings is 1. The zero-order chi connectivity index (χ0) is 25.5. The molecule has 36 heavy (non-hydrogen) atoms. The second kappa shape index (κ2) is 12.4. The summed E-state index contributed by atoms with van der Waals surface area (Å²) in [5, 5.41) is 3.48. The van der Waals surface area contributed by atoms with Crippen LogP contribution < -0.4 is 11.1 Å². The molecule has 1 aliphatic heterocycles. The summed E-state index contributed by atoms with van der Waals surface area (Å²) >= 11 is 6.01. The van der Waals surface area contributed by atoms with Crippen molar-refractivity contribution in [2.24, 2.45) is 5.73 Å². The van der Waals surface area contributed by atoms with Gasteiger partial charge in [0, 0.05) is 43.5 Å². The predicted molar refractivity (Wildman–Crippen MR) is 137 cm³/mol. The van der Waals surface area contributed by atoms with E-state index in [9.17, 15) is 14.4 Å². The van der Waals surface area contributed by atoms with E-state index in [0.29, 0.717) is 36.7 Å². The normalized spacial score (nSPS) is 19.2. The summed E-state index contributed by atoms with van der Waals surface area (Å²) in [5.41, 5.74) is 6.45. The Hall–Kier alpha value is -2.84. The van der Waals surface area contributed by atoms with E-state index in [4.69, 9.17) is 21.8 Å². The second-order valence-electron chi connectivity index (χ2n) is 9.70. The van der Waals surface area contributed by atoms with Crippen molar-refractivity contribution < 1.29 is 18.8 Å². The molecule has 4 rings (SSSR count). The highest BCUT2D eigenvalue weighted by Gasteiger charge is 2.39. The van der Waals surface area contributed by atoms with Crippen molar-refractivity contribution in [2.75, 3.05) is 19.6 Å². The van der Waals surface area contributed by atoms with Crippen LogP contribution >= 0.6 is 11.6 Å². The topological polar surface area (TPSA) is 109 Å². The summed E-state index contributed by atoms with van der Waals surface area (Å²) in [6.45, 7) is 1.18. The van der Waals surface area contributed by atoms with Gasteiger partial charge in [-0.2, -0.15) is 0 Å². The van der Waals surface area contributed by atoms with Gasteiger partial charge in [-0.3, -0.25) is 14.4 Å². The van der Waals surface area contributed by atoms with Crippen LogP contribution in [0.15, 0.2) is 47.1 Å². The number of hydrogen-bond donors (Lipinski definition) is 2. The van der Waals surface area contributed by atoms with Gasteiger partial charge in [0.15, 0.2) is 5.76 Å². The molecule has 2 fully saturated rings. The lowest BCUT2D eigenvalue weighted by Crippen LogP contribution is -2.52. The summed E-state index contributed by atoms with van der Waals surface area (Å²) in [5.74, 6) is -0.176. The van der Waals surface area contributed by atoms with Gasteiger partial charge in [0.2, 0.25) is 11.8 Å². The van der Waals surface area contributed by atoms with E-state index in [2.05, 4.69) is 5.32 Å². The number of nitrogens with one attached hydrogen (secondary N) is 1. The third-order valence-corrected chi connectivity index (χ3v) is 7.41. The summed E-state index contributed by atoms with van der Waals surface area (Å²) in [6, 6.07) is 10.0. The summed E-state index contributed by atoms with van der Waals surface area (Å²) in [4.78, 5) is 43.2. The summed E-state index contributed by atoms with van der Waals surface area (Å²) < 4.78 is 5.44. The van der Waals surface area contributed by atoms with E-state index in [1.165, 1.54) is 12.7 Å². The molecule has 194 valence electrons. The lowest BCUT2D eigenvalue weighted by Gasteiger charge is -2.38. The molecule has 2 atom stereocenters. The number of rotatable bonds is 9. The number of hydrogen-bond acceptors (Lipinski definition) is 5. The van der Waals surface area contributed by atoms with Crippen molar-refractivity contribution in [3.63, 3.8) is 0 Å². The SMILES string of the molecule is NCCC(=O)NC(Cc1ccc(Cl)cc1)C(=O)N1CCC(N(C(=O)c2ccco2)C2CCCCC2)C1. The van der Waals surface area contributed by atoms with Gasteiger partial charge in [-0.15, -0.1) is 0 Å². The number of halogens is 1. The third kappa shape index (κ3) is 6.48. The molecule has 0 bridgehead atoms. The lowest BCUT2D eigenvalue weighted by atomic mass is 9.92. The van der Waals surface area contributed by atoms with E-state index >= 15 is 0 Å². The number of carbonyl (C=O) groups excluding carboxylic acids is 3. The maximum Gasteiger partial charge on any atom is 0.290 e. The van der Waals surface area contributed by atoms with Gasteiger partial charge in [0.25, 0.3) is 5.91 Å². The molecule has 1 saturated heterocycles. The number of carbonyl (C=O) groups is 3. The first-order valence-corrected chi connectivity index (χ1v) is 13.2. The zero-order valence-corrected chi connectivity index (χ0v) is 21.3. The fourth-order valence-electron chi connectivity index (χ4n) is 5.36. The maximum atomic E-state index is 13.6. The number of amides is 3. The Morgan fingerprint density at radius 1 is 1.08 bits per heavy atom. The summed E-state index contributed by atoms with van der Waals surface area (Å²) in [6.07, 6.45) is 8.02. The van der Waals surface area contributed by atoms with Crippen LogP contribution in [-0.4, -0.2) is 65.3 Å². The van der Waals surface area contributed by atoms with Crippen LogP contribution in [0.4, 0.5) is 0 Å².